The molecule has 11 nitrogen and oxygen atoms in total. The first-order chi connectivity index (χ1) is 23.0. The predicted octanol–water partition coefficient (Wildman–Crippen LogP) is 7.03. The van der Waals surface area contributed by atoms with Gasteiger partial charge in [0.2, 0.25) is 11.9 Å². The van der Waals surface area contributed by atoms with Gasteiger partial charge in [-0.3, -0.25) is 14.9 Å². The Morgan fingerprint density at radius 2 is 1.67 bits per heavy atom. The second kappa shape index (κ2) is 15.1. The summed E-state index contributed by atoms with van der Waals surface area (Å²) in [6.07, 6.45) is 2.95. The molecule has 2 heterocycles. The van der Waals surface area contributed by atoms with Gasteiger partial charge >= 0.3 is 12.1 Å². The number of benzene rings is 3. The number of anilines is 2. The van der Waals surface area contributed by atoms with E-state index in [1.807, 2.05) is 60.0 Å². The molecule has 1 aromatic heterocycles. The van der Waals surface area contributed by atoms with Gasteiger partial charge in [-0.25, -0.2) is 14.6 Å². The van der Waals surface area contributed by atoms with Crippen LogP contribution in [-0.4, -0.2) is 52.1 Å². The van der Waals surface area contributed by atoms with Crippen molar-refractivity contribution >= 4 is 46.5 Å². The Hall–Kier alpha value is -5.19. The average Bonchev–Trinajstić information content (AvgIpc) is 3.66. The number of aromatic nitrogens is 2. The standard InChI is InChI=1S/C37H43N5O6/c1-25(14-10-11-22-38-36(46)47-24-26-15-6-5-7-16-26)42-32-29(19-12-20-30(32)41-23-13-21-31(41)43)39-35(42)40-33(44)27-17-8-9-18-28(27)34(45)48-37(2,3)4/h5-9,12,15-20,25H,10-11,13-14,21-24H2,1-4H3,(H,38,46)(H,39,40,44). The van der Waals surface area contributed by atoms with Crippen LogP contribution in [0, 0.1) is 0 Å². The van der Waals surface area contributed by atoms with Crippen LogP contribution >= 0.6 is 0 Å². The summed E-state index contributed by atoms with van der Waals surface area (Å²) in [5.41, 5.74) is 2.63. The molecule has 0 radical (unpaired) electrons. The number of hydrogen-bond acceptors (Lipinski definition) is 7. The topological polar surface area (TPSA) is 132 Å². The minimum atomic E-state index is -0.731. The third-order valence-electron chi connectivity index (χ3n) is 8.04. The van der Waals surface area contributed by atoms with Crippen LogP contribution < -0.4 is 15.5 Å². The van der Waals surface area contributed by atoms with E-state index in [2.05, 4.69) is 10.6 Å². The first-order valence-electron chi connectivity index (χ1n) is 16.4. The summed E-state index contributed by atoms with van der Waals surface area (Å²) in [5, 5.41) is 5.76. The van der Waals surface area contributed by atoms with Crippen molar-refractivity contribution in [3.05, 3.63) is 89.5 Å². The van der Waals surface area contributed by atoms with E-state index in [0.29, 0.717) is 43.8 Å². The predicted molar refractivity (Wildman–Crippen MR) is 184 cm³/mol. The zero-order valence-corrected chi connectivity index (χ0v) is 28.0. The van der Waals surface area contributed by atoms with Gasteiger partial charge in [0.1, 0.15) is 12.2 Å². The number of hydrogen-bond donors (Lipinski definition) is 2. The number of nitrogens with zero attached hydrogens (tertiary/aromatic N) is 3. The van der Waals surface area contributed by atoms with Gasteiger partial charge in [-0.05, 0) is 83.2 Å². The van der Waals surface area contributed by atoms with Crippen molar-refractivity contribution in [1.29, 1.82) is 0 Å². The number of ether oxygens (including phenoxy) is 2. The molecule has 48 heavy (non-hydrogen) atoms. The molecular weight excluding hydrogens is 610 g/mol. The van der Waals surface area contributed by atoms with Gasteiger partial charge in [0.25, 0.3) is 5.91 Å². The molecule has 0 bridgehead atoms. The summed E-state index contributed by atoms with van der Waals surface area (Å²) in [5.74, 6) is -0.743. The normalized spacial score (nSPS) is 13.8. The number of amides is 3. The second-order valence-electron chi connectivity index (χ2n) is 12.9. The highest BCUT2D eigenvalue weighted by atomic mass is 16.6. The van der Waals surface area contributed by atoms with Crippen molar-refractivity contribution in [2.45, 2.75) is 78.0 Å². The highest BCUT2D eigenvalue weighted by molar-refractivity contribution is 6.11. The van der Waals surface area contributed by atoms with E-state index in [-0.39, 0.29) is 29.7 Å². The van der Waals surface area contributed by atoms with Gasteiger partial charge < -0.3 is 24.3 Å². The molecule has 4 aromatic rings. The van der Waals surface area contributed by atoms with Gasteiger partial charge in [0.05, 0.1) is 27.8 Å². The molecule has 1 unspecified atom stereocenters. The Labute approximate surface area is 280 Å². The van der Waals surface area contributed by atoms with Crippen LogP contribution in [0.5, 0.6) is 0 Å². The number of rotatable bonds is 12. The van der Waals surface area contributed by atoms with Crippen LogP contribution in [0.3, 0.4) is 0 Å². The van der Waals surface area contributed by atoms with Crippen LogP contribution in [0.25, 0.3) is 11.0 Å². The number of nitrogens with one attached hydrogen (secondary N) is 2. The number of fused-ring (bicyclic) bond motifs is 1. The third kappa shape index (κ3) is 8.39. The number of esters is 1. The van der Waals surface area contributed by atoms with Crippen molar-refractivity contribution in [3.8, 4) is 0 Å². The minimum absolute atomic E-state index is 0.0463. The average molecular weight is 654 g/mol. The molecule has 3 aromatic carbocycles. The SMILES string of the molecule is CC(CCCCNC(=O)OCc1ccccc1)n1c(NC(=O)c2ccccc2C(=O)OC(C)(C)C)nc2cccc(N3CCCC3=O)c21. The summed E-state index contributed by atoms with van der Waals surface area (Å²) in [6.45, 7) is 8.61. The van der Waals surface area contributed by atoms with Crippen molar-refractivity contribution in [1.82, 2.24) is 14.9 Å². The van der Waals surface area contributed by atoms with E-state index in [9.17, 15) is 19.2 Å². The Kier molecular flexibility index (Phi) is 10.8. The molecule has 5 rings (SSSR count). The van der Waals surface area contributed by atoms with Gasteiger partial charge in [-0.1, -0.05) is 48.5 Å². The number of carbonyl (C=O) groups excluding carboxylic acids is 4. The molecule has 252 valence electrons. The Balaban J connectivity index is 1.34. The summed E-state index contributed by atoms with van der Waals surface area (Å²) >= 11 is 0. The molecule has 0 aliphatic carbocycles. The lowest BCUT2D eigenvalue weighted by molar-refractivity contribution is -0.117. The second-order valence-corrected chi connectivity index (χ2v) is 12.9. The monoisotopic (exact) mass is 653 g/mol. The lowest BCUT2D eigenvalue weighted by atomic mass is 10.1. The molecule has 2 N–H and O–H groups in total. The molecule has 1 atom stereocenters. The molecular formula is C37H43N5O6. The first kappa shape index (κ1) is 34.2. The maximum atomic E-state index is 13.8. The highest BCUT2D eigenvalue weighted by Crippen LogP contribution is 2.36. The maximum absolute atomic E-state index is 13.8. The number of para-hydroxylation sites is 1. The zero-order chi connectivity index (χ0) is 34.3. The van der Waals surface area contributed by atoms with Crippen molar-refractivity contribution in [3.63, 3.8) is 0 Å². The Morgan fingerprint density at radius 3 is 2.38 bits per heavy atom. The van der Waals surface area contributed by atoms with Gasteiger partial charge in [0.15, 0.2) is 0 Å². The fraction of sp³-hybridized carbons (Fsp3) is 0.378. The number of imidazole rings is 1. The smallest absolute Gasteiger partial charge is 0.407 e. The fourth-order valence-corrected chi connectivity index (χ4v) is 5.79. The molecule has 3 amide bonds. The van der Waals surface area contributed by atoms with E-state index in [0.717, 1.165) is 29.6 Å². The maximum Gasteiger partial charge on any atom is 0.407 e. The molecule has 1 saturated heterocycles. The van der Waals surface area contributed by atoms with E-state index in [4.69, 9.17) is 14.5 Å². The summed E-state index contributed by atoms with van der Waals surface area (Å²) < 4.78 is 12.8. The Bertz CT molecular complexity index is 1780. The van der Waals surface area contributed by atoms with Gasteiger partial charge in [0, 0.05) is 25.6 Å². The summed E-state index contributed by atoms with van der Waals surface area (Å²) in [7, 11) is 0. The highest BCUT2D eigenvalue weighted by Gasteiger charge is 2.29. The van der Waals surface area contributed by atoms with E-state index < -0.39 is 23.6 Å². The number of carbonyl (C=O) groups is 4. The molecule has 1 fully saturated rings. The minimum Gasteiger partial charge on any atom is -0.456 e. The summed E-state index contributed by atoms with van der Waals surface area (Å²) in [6, 6.07) is 21.5. The lowest BCUT2D eigenvalue weighted by Gasteiger charge is -2.23. The fourth-order valence-electron chi connectivity index (χ4n) is 5.79. The first-order valence-corrected chi connectivity index (χ1v) is 16.4. The summed E-state index contributed by atoms with van der Waals surface area (Å²) in [4.78, 5) is 58.4. The van der Waals surface area contributed by atoms with Gasteiger partial charge in [-0.15, -0.1) is 0 Å². The van der Waals surface area contributed by atoms with E-state index >= 15 is 0 Å². The van der Waals surface area contributed by atoms with Crippen LogP contribution in [-0.2, 0) is 20.9 Å². The van der Waals surface area contributed by atoms with E-state index in [1.54, 1.807) is 49.9 Å². The Morgan fingerprint density at radius 1 is 0.938 bits per heavy atom. The number of unbranched alkanes of at least 4 members (excludes halogenated alkanes) is 1. The number of alkyl carbamates (subject to hydrolysis) is 1. The zero-order valence-electron chi connectivity index (χ0n) is 28.0. The lowest BCUT2D eigenvalue weighted by Crippen LogP contribution is -2.27. The molecule has 1 aliphatic rings. The molecule has 0 saturated carbocycles. The van der Waals surface area contributed by atoms with Crippen molar-refractivity contribution < 1.29 is 28.7 Å². The molecule has 1 aliphatic heterocycles. The molecule has 0 spiro atoms. The van der Waals surface area contributed by atoms with Crippen molar-refractivity contribution in [2.75, 3.05) is 23.3 Å². The van der Waals surface area contributed by atoms with Crippen LogP contribution in [0.15, 0.2) is 72.8 Å². The quantitative estimate of drug-likeness (QED) is 0.124. The van der Waals surface area contributed by atoms with Crippen LogP contribution in [0.4, 0.5) is 16.4 Å². The van der Waals surface area contributed by atoms with Crippen LogP contribution in [0.1, 0.15) is 92.1 Å². The van der Waals surface area contributed by atoms with Crippen LogP contribution in [0.2, 0.25) is 0 Å². The van der Waals surface area contributed by atoms with E-state index in [1.165, 1.54) is 0 Å². The largest absolute Gasteiger partial charge is 0.456 e. The molecule has 11 heteroatoms. The third-order valence-corrected chi connectivity index (χ3v) is 8.04. The van der Waals surface area contributed by atoms with Crippen molar-refractivity contribution in [2.24, 2.45) is 0 Å². The van der Waals surface area contributed by atoms with Gasteiger partial charge in [-0.2, -0.15) is 0 Å².